The van der Waals surface area contributed by atoms with E-state index in [0.717, 1.165) is 0 Å². The number of rotatable bonds is 11. The minimum atomic E-state index is -3.93. The quantitative estimate of drug-likeness (QED) is 0.232. The fourth-order valence-electron chi connectivity index (χ4n) is 6.48. The van der Waals surface area contributed by atoms with Gasteiger partial charge >= 0.3 is 17.9 Å². The number of aromatic nitrogens is 2. The van der Waals surface area contributed by atoms with Crippen LogP contribution in [0.25, 0.3) is 0 Å². The molecule has 4 heterocycles. The van der Waals surface area contributed by atoms with Crippen LogP contribution in [0.2, 0.25) is 10.0 Å². The van der Waals surface area contributed by atoms with Crippen molar-refractivity contribution in [3.63, 3.8) is 0 Å². The molecule has 0 unspecified atom stereocenters. The number of nitrogens with zero attached hydrogens (tertiary/aromatic N) is 6. The molecule has 19 heteroatoms. The summed E-state index contributed by atoms with van der Waals surface area (Å²) in [5, 5.41) is 28.5. The van der Waals surface area contributed by atoms with Crippen molar-refractivity contribution in [3.8, 4) is 12.1 Å². The lowest BCUT2D eigenvalue weighted by molar-refractivity contribution is -0.142. The summed E-state index contributed by atoms with van der Waals surface area (Å²) in [6.07, 6.45) is 1.78. The second-order valence-electron chi connectivity index (χ2n) is 13.5. The summed E-state index contributed by atoms with van der Waals surface area (Å²) in [5.41, 5.74) is 2.38. The Labute approximate surface area is 346 Å². The Hall–Kier alpha value is -5.49. The predicted molar refractivity (Wildman–Crippen MR) is 214 cm³/mol. The molecule has 308 valence electrons. The van der Waals surface area contributed by atoms with Gasteiger partial charge in [0.1, 0.15) is 23.8 Å². The van der Waals surface area contributed by atoms with E-state index in [1.807, 2.05) is 9.80 Å². The number of hydrogen-bond acceptors (Lipinski definition) is 14. The molecule has 0 spiro atoms. The van der Waals surface area contributed by atoms with Gasteiger partial charge in [0.05, 0.1) is 68.6 Å². The zero-order valence-electron chi connectivity index (χ0n) is 32.4. The minimum absolute atomic E-state index is 0.209. The lowest BCUT2D eigenvalue weighted by Crippen LogP contribution is -2.43. The number of amides is 1. The highest BCUT2D eigenvalue weighted by Gasteiger charge is 2.31. The van der Waals surface area contributed by atoms with Gasteiger partial charge in [-0.3, -0.25) is 14.3 Å². The van der Waals surface area contributed by atoms with Gasteiger partial charge in [-0.15, -0.1) is 0 Å². The highest BCUT2D eigenvalue weighted by molar-refractivity contribution is 7.89. The van der Waals surface area contributed by atoms with Crippen LogP contribution in [-0.4, -0.2) is 86.7 Å². The molecule has 2 fully saturated rings. The zero-order chi connectivity index (χ0) is 42.7. The Balaban J connectivity index is 0.000000280. The number of nitriles is 2. The number of sulfonamides is 1. The van der Waals surface area contributed by atoms with Gasteiger partial charge in [-0.05, 0) is 83.2 Å². The maximum atomic E-state index is 12.7. The molecule has 16 nitrogen and oxygen atoms in total. The van der Waals surface area contributed by atoms with Crippen LogP contribution in [0.3, 0.4) is 0 Å². The standard InChI is InChI=1S/C23H24Cl2N4O5S.C16H19N3O4/c1-3-34-23(31)18-11-17(12-26)21(27-14(18)2)29-8-6-16(7-9-29)22(30)28-35(32,33)13-15-4-5-19(24)20(25)10-15;1-3-23-16(22)13-8-12(9-17)14(18-10(13)2)19-6-4-11(5-7-19)15(20)21/h4-5,10-11,16H,3,6-9,13H2,1-2H3,(H,28,30);8,11H,3-7H2,1-2H3,(H,20,21). The molecule has 0 saturated carbocycles. The van der Waals surface area contributed by atoms with E-state index in [0.29, 0.717) is 91.0 Å². The fraction of sp³-hybridized carbons (Fsp3) is 0.436. The first-order chi connectivity index (χ1) is 27.5. The summed E-state index contributed by atoms with van der Waals surface area (Å²) >= 11 is 11.8. The van der Waals surface area contributed by atoms with Crippen LogP contribution in [-0.2, 0) is 34.8 Å². The number of esters is 2. The average molecular weight is 857 g/mol. The van der Waals surface area contributed by atoms with E-state index >= 15 is 0 Å². The number of carboxylic acid groups (broad SMARTS) is 1. The molecule has 0 bridgehead atoms. The number of aryl methyl sites for hydroxylation is 2. The Kier molecular flexibility index (Phi) is 15.8. The van der Waals surface area contributed by atoms with E-state index in [9.17, 15) is 38.1 Å². The van der Waals surface area contributed by atoms with Crippen molar-refractivity contribution >= 4 is 68.7 Å². The van der Waals surface area contributed by atoms with Crippen LogP contribution in [0.4, 0.5) is 11.6 Å². The molecule has 3 aromatic rings. The van der Waals surface area contributed by atoms with Crippen molar-refractivity contribution in [1.29, 1.82) is 10.5 Å². The van der Waals surface area contributed by atoms with Gasteiger partial charge in [0.15, 0.2) is 0 Å². The first-order valence-corrected chi connectivity index (χ1v) is 20.8. The fourth-order valence-corrected chi connectivity index (χ4v) is 7.96. The normalized spacial score (nSPS) is 14.6. The Morgan fingerprint density at radius 1 is 0.793 bits per heavy atom. The average Bonchev–Trinajstić information content (AvgIpc) is 3.19. The predicted octanol–water partition coefficient (Wildman–Crippen LogP) is 5.35. The molecule has 0 radical (unpaired) electrons. The van der Waals surface area contributed by atoms with Gasteiger partial charge in [-0.2, -0.15) is 10.5 Å². The SMILES string of the molecule is CCOC(=O)c1cc(C#N)c(N2CCC(C(=O)NS(=O)(=O)Cc3ccc(Cl)c(Cl)c3)CC2)nc1C.CCOC(=O)c1cc(C#N)c(N2CCC(C(=O)O)CC2)nc1C. The molecule has 0 aliphatic carbocycles. The number of hydrogen-bond donors (Lipinski definition) is 2. The zero-order valence-corrected chi connectivity index (χ0v) is 34.7. The molecule has 2 aliphatic rings. The lowest BCUT2D eigenvalue weighted by atomic mass is 9.96. The summed E-state index contributed by atoms with van der Waals surface area (Å²) in [6.45, 7) is 9.07. The molecular formula is C39H43Cl2N7O9S. The maximum absolute atomic E-state index is 12.7. The topological polar surface area (TPSA) is 233 Å². The van der Waals surface area contributed by atoms with E-state index in [2.05, 4.69) is 26.8 Å². The van der Waals surface area contributed by atoms with Crippen molar-refractivity contribution in [2.75, 3.05) is 49.2 Å². The number of carbonyl (C=O) groups excluding carboxylic acids is 3. The number of halogens is 2. The molecule has 1 aromatic carbocycles. The molecule has 2 saturated heterocycles. The number of pyridine rings is 2. The molecule has 2 aromatic heterocycles. The van der Waals surface area contributed by atoms with Gasteiger partial charge < -0.3 is 24.4 Å². The number of aliphatic carboxylic acids is 1. The van der Waals surface area contributed by atoms with Gasteiger partial charge in [0.25, 0.3) is 0 Å². The summed E-state index contributed by atoms with van der Waals surface area (Å²) in [5.74, 6) is -2.75. The summed E-state index contributed by atoms with van der Waals surface area (Å²) < 4.78 is 37.1. The molecule has 58 heavy (non-hydrogen) atoms. The highest BCUT2D eigenvalue weighted by Crippen LogP contribution is 2.29. The van der Waals surface area contributed by atoms with Gasteiger partial charge in [0.2, 0.25) is 15.9 Å². The van der Waals surface area contributed by atoms with Crippen LogP contribution in [0, 0.1) is 48.3 Å². The number of ether oxygens (including phenoxy) is 2. The Morgan fingerprint density at radius 3 is 1.64 bits per heavy atom. The van der Waals surface area contributed by atoms with Crippen molar-refractivity contribution in [2.24, 2.45) is 11.8 Å². The third-order valence-corrected chi connectivity index (χ3v) is 11.5. The van der Waals surface area contributed by atoms with Crippen LogP contribution >= 0.6 is 23.2 Å². The van der Waals surface area contributed by atoms with E-state index in [-0.39, 0.29) is 40.8 Å². The molecular weight excluding hydrogens is 813 g/mol. The highest BCUT2D eigenvalue weighted by atomic mass is 35.5. The number of piperidine rings is 2. The van der Waals surface area contributed by atoms with Crippen molar-refractivity contribution in [2.45, 2.75) is 59.1 Å². The number of anilines is 2. The number of carbonyl (C=O) groups is 4. The van der Waals surface area contributed by atoms with Crippen molar-refractivity contribution in [1.82, 2.24) is 14.7 Å². The van der Waals surface area contributed by atoms with Crippen LogP contribution < -0.4 is 14.5 Å². The van der Waals surface area contributed by atoms with Crippen LogP contribution in [0.15, 0.2) is 30.3 Å². The number of nitrogens with one attached hydrogen (secondary N) is 1. The van der Waals surface area contributed by atoms with Gasteiger partial charge in [0, 0.05) is 32.1 Å². The molecule has 0 atom stereocenters. The van der Waals surface area contributed by atoms with Gasteiger partial charge in [-0.1, -0.05) is 29.3 Å². The molecule has 1 amide bonds. The number of benzene rings is 1. The van der Waals surface area contributed by atoms with Crippen LogP contribution in [0.5, 0.6) is 0 Å². The van der Waals surface area contributed by atoms with Crippen molar-refractivity contribution < 1.29 is 42.2 Å². The van der Waals surface area contributed by atoms with E-state index in [1.54, 1.807) is 27.7 Å². The number of carboxylic acids is 1. The van der Waals surface area contributed by atoms with Gasteiger partial charge in [-0.25, -0.2) is 28.0 Å². The van der Waals surface area contributed by atoms with E-state index in [4.69, 9.17) is 37.8 Å². The monoisotopic (exact) mass is 855 g/mol. The summed E-state index contributed by atoms with van der Waals surface area (Å²) in [7, 11) is -3.93. The largest absolute Gasteiger partial charge is 0.481 e. The van der Waals surface area contributed by atoms with E-state index in [1.165, 1.54) is 30.3 Å². The van der Waals surface area contributed by atoms with Crippen LogP contribution in [0.1, 0.15) is 88.3 Å². The third kappa shape index (κ3) is 11.6. The third-order valence-electron chi connectivity index (χ3n) is 9.52. The maximum Gasteiger partial charge on any atom is 0.340 e. The Morgan fingerprint density at radius 2 is 1.24 bits per heavy atom. The van der Waals surface area contributed by atoms with E-state index < -0.39 is 45.5 Å². The van der Waals surface area contributed by atoms with Crippen molar-refractivity contribution in [3.05, 3.63) is 79.6 Å². The lowest BCUT2D eigenvalue weighted by Gasteiger charge is -2.32. The molecule has 2 aliphatic heterocycles. The summed E-state index contributed by atoms with van der Waals surface area (Å²) in [6, 6.07) is 11.6. The Bertz CT molecular complexity index is 2240. The second kappa shape index (κ2) is 20.3. The summed E-state index contributed by atoms with van der Waals surface area (Å²) in [4.78, 5) is 60.3. The minimum Gasteiger partial charge on any atom is -0.481 e. The second-order valence-corrected chi connectivity index (χ2v) is 16.0. The first kappa shape index (κ1) is 45.2. The molecule has 5 rings (SSSR count). The first-order valence-electron chi connectivity index (χ1n) is 18.4. The smallest absolute Gasteiger partial charge is 0.340 e. The molecule has 2 N–H and O–H groups in total.